The van der Waals surface area contributed by atoms with Crippen LogP contribution in [0.1, 0.15) is 72.6 Å². The molecule has 0 rings (SSSR count). The number of hydrogen-bond donors (Lipinski definition) is 0. The predicted octanol–water partition coefficient (Wildman–Crippen LogP) is 6.20. The second kappa shape index (κ2) is 14.1. The number of hydrogen-bond acceptors (Lipinski definition) is 2. The van der Waals surface area contributed by atoms with E-state index in [0.29, 0.717) is 0 Å². The van der Waals surface area contributed by atoms with Crippen LogP contribution in [0.15, 0.2) is 0 Å². The summed E-state index contributed by atoms with van der Waals surface area (Å²) in [6.45, 7) is 9.22. The Labute approximate surface area is 124 Å². The molecule has 0 fully saturated rings. The maximum atomic E-state index is 2.56. The van der Waals surface area contributed by atoms with Crippen LogP contribution in [0.2, 0.25) is 0 Å². The van der Waals surface area contributed by atoms with Crippen molar-refractivity contribution in [2.24, 2.45) is 0 Å². The van der Waals surface area contributed by atoms with Gasteiger partial charge in [-0.25, -0.2) is 0 Å². The molecular weight excluding hydrogens is 256 g/mol. The lowest BCUT2D eigenvalue weighted by molar-refractivity contribution is 0.746. The normalized spacial score (nSPS) is 14.7. The molecule has 0 aromatic carbocycles. The van der Waals surface area contributed by atoms with Gasteiger partial charge in [-0.05, 0) is 50.0 Å². The van der Waals surface area contributed by atoms with E-state index in [1.54, 1.807) is 0 Å². The number of unbranched alkanes of at least 4 members (excludes halogenated alkanes) is 3. The van der Waals surface area contributed by atoms with Crippen molar-refractivity contribution in [3.8, 4) is 0 Å². The number of thioether (sulfide) groups is 2. The Morgan fingerprint density at radius 2 is 1.61 bits per heavy atom. The third-order valence-electron chi connectivity index (χ3n) is 3.24. The van der Waals surface area contributed by atoms with E-state index >= 15 is 0 Å². The summed E-state index contributed by atoms with van der Waals surface area (Å²) in [5.41, 5.74) is 0. The molecule has 0 amide bonds. The first-order chi connectivity index (χ1) is 8.74. The van der Waals surface area contributed by atoms with Crippen LogP contribution in [0.4, 0.5) is 0 Å². The number of rotatable bonds is 13. The molecule has 0 aliphatic heterocycles. The largest absolute Gasteiger partial charge is 0.159 e. The Balaban J connectivity index is 3.33. The minimum atomic E-state index is 0.804. The third-order valence-corrected chi connectivity index (χ3v) is 6.14. The van der Waals surface area contributed by atoms with Crippen LogP contribution in [-0.2, 0) is 0 Å². The van der Waals surface area contributed by atoms with Crippen molar-refractivity contribution in [1.82, 2.24) is 0 Å². The topological polar surface area (TPSA) is 0 Å². The van der Waals surface area contributed by atoms with E-state index in [1.165, 1.54) is 56.5 Å². The van der Waals surface area contributed by atoms with E-state index < -0.39 is 0 Å². The van der Waals surface area contributed by atoms with E-state index in [4.69, 9.17) is 0 Å². The maximum Gasteiger partial charge on any atom is 0.00757 e. The van der Waals surface area contributed by atoms with Crippen molar-refractivity contribution in [2.45, 2.75) is 83.1 Å². The monoisotopic (exact) mass is 289 g/mol. The third kappa shape index (κ3) is 11.8. The fourth-order valence-electron chi connectivity index (χ4n) is 1.68. The van der Waals surface area contributed by atoms with Crippen LogP contribution in [0.25, 0.3) is 0 Å². The highest BCUT2D eigenvalue weighted by atomic mass is 32.2. The molecule has 0 heterocycles. The standard InChI is InChI=1S/C16H33S2/c1-5-8-13-18-16(7-3)12-10-9-11-14-17-15(4)6-2/h12,15-16H,5-11,13-14H2,1-4H3. The molecule has 0 aromatic heterocycles. The molecule has 0 saturated carbocycles. The zero-order chi connectivity index (χ0) is 13.6. The molecule has 0 saturated heterocycles. The second-order valence-corrected chi connectivity index (χ2v) is 7.89. The molecule has 2 unspecified atom stereocenters. The van der Waals surface area contributed by atoms with E-state index in [1.807, 2.05) is 0 Å². The molecule has 18 heavy (non-hydrogen) atoms. The van der Waals surface area contributed by atoms with Crippen molar-refractivity contribution >= 4 is 23.5 Å². The SMILES string of the molecule is CCCCSC([CH]CCCCSC(C)CC)CC. The first-order valence-electron chi connectivity index (χ1n) is 7.81. The van der Waals surface area contributed by atoms with Crippen molar-refractivity contribution in [1.29, 1.82) is 0 Å². The molecule has 2 heteroatoms. The summed E-state index contributed by atoms with van der Waals surface area (Å²) in [6.07, 6.45) is 12.0. The molecule has 0 aromatic rings. The Hall–Kier alpha value is 0.700. The molecule has 0 aliphatic rings. The fraction of sp³-hybridized carbons (Fsp3) is 0.938. The smallest absolute Gasteiger partial charge is 0.00757 e. The van der Waals surface area contributed by atoms with E-state index in [0.717, 1.165) is 10.5 Å². The predicted molar refractivity (Wildman–Crippen MR) is 91.8 cm³/mol. The summed E-state index contributed by atoms with van der Waals surface area (Å²) in [5, 5.41) is 1.65. The molecule has 0 bridgehead atoms. The van der Waals surface area contributed by atoms with Gasteiger partial charge in [-0.1, -0.05) is 40.5 Å². The van der Waals surface area contributed by atoms with Gasteiger partial charge in [0.05, 0.1) is 0 Å². The van der Waals surface area contributed by atoms with Crippen molar-refractivity contribution < 1.29 is 0 Å². The lowest BCUT2D eigenvalue weighted by atomic mass is 10.1. The van der Waals surface area contributed by atoms with Crippen LogP contribution < -0.4 is 0 Å². The fourth-order valence-corrected chi connectivity index (χ4v) is 3.96. The minimum Gasteiger partial charge on any atom is -0.159 e. The first kappa shape index (κ1) is 18.7. The molecule has 0 N–H and O–H groups in total. The van der Waals surface area contributed by atoms with Crippen LogP contribution in [0, 0.1) is 6.42 Å². The van der Waals surface area contributed by atoms with Crippen molar-refractivity contribution in [3.05, 3.63) is 6.42 Å². The highest BCUT2D eigenvalue weighted by Crippen LogP contribution is 2.22. The van der Waals surface area contributed by atoms with E-state index in [2.05, 4.69) is 57.6 Å². The van der Waals surface area contributed by atoms with Gasteiger partial charge in [0, 0.05) is 10.5 Å². The van der Waals surface area contributed by atoms with Gasteiger partial charge in [0.15, 0.2) is 0 Å². The molecule has 0 nitrogen and oxygen atoms in total. The molecule has 2 atom stereocenters. The Morgan fingerprint density at radius 3 is 2.22 bits per heavy atom. The van der Waals surface area contributed by atoms with Gasteiger partial charge in [0.25, 0.3) is 0 Å². The maximum absolute atomic E-state index is 2.56. The van der Waals surface area contributed by atoms with E-state index in [-0.39, 0.29) is 0 Å². The van der Waals surface area contributed by atoms with Crippen LogP contribution in [-0.4, -0.2) is 22.0 Å². The average Bonchev–Trinajstić information content (AvgIpc) is 2.40. The van der Waals surface area contributed by atoms with Crippen LogP contribution in [0.3, 0.4) is 0 Å². The first-order valence-corrected chi connectivity index (χ1v) is 9.90. The van der Waals surface area contributed by atoms with Gasteiger partial charge in [-0.3, -0.25) is 0 Å². The highest BCUT2D eigenvalue weighted by Gasteiger charge is 2.06. The Bertz CT molecular complexity index is 159. The summed E-state index contributed by atoms with van der Waals surface area (Å²) < 4.78 is 0. The quantitative estimate of drug-likeness (QED) is 0.370. The Morgan fingerprint density at radius 1 is 0.889 bits per heavy atom. The molecule has 109 valence electrons. The van der Waals surface area contributed by atoms with Gasteiger partial charge in [0.1, 0.15) is 0 Å². The van der Waals surface area contributed by atoms with Gasteiger partial charge in [0.2, 0.25) is 0 Å². The lowest BCUT2D eigenvalue weighted by Crippen LogP contribution is -2.03. The summed E-state index contributed by atoms with van der Waals surface area (Å²) in [5.74, 6) is 2.69. The van der Waals surface area contributed by atoms with Gasteiger partial charge in [-0.15, -0.1) is 0 Å². The van der Waals surface area contributed by atoms with Gasteiger partial charge >= 0.3 is 0 Å². The summed E-state index contributed by atoms with van der Waals surface area (Å²) in [4.78, 5) is 0. The Kier molecular flexibility index (Phi) is 14.7. The average molecular weight is 290 g/mol. The highest BCUT2D eigenvalue weighted by molar-refractivity contribution is 8.00. The van der Waals surface area contributed by atoms with Crippen molar-refractivity contribution in [2.75, 3.05) is 11.5 Å². The molecule has 0 spiro atoms. The van der Waals surface area contributed by atoms with Crippen LogP contribution >= 0.6 is 23.5 Å². The minimum absolute atomic E-state index is 0.804. The second-order valence-electron chi connectivity index (χ2n) is 4.99. The molecular formula is C16H33S2. The lowest BCUT2D eigenvalue weighted by Gasteiger charge is -2.14. The van der Waals surface area contributed by atoms with E-state index in [9.17, 15) is 0 Å². The summed E-state index contributed by atoms with van der Waals surface area (Å²) in [6, 6.07) is 0. The summed E-state index contributed by atoms with van der Waals surface area (Å²) in [7, 11) is 0. The molecule has 0 aliphatic carbocycles. The zero-order valence-corrected chi connectivity index (χ0v) is 14.5. The van der Waals surface area contributed by atoms with Crippen LogP contribution in [0.5, 0.6) is 0 Å². The zero-order valence-electron chi connectivity index (χ0n) is 12.9. The van der Waals surface area contributed by atoms with Crippen molar-refractivity contribution in [3.63, 3.8) is 0 Å². The molecule has 1 radical (unpaired) electrons. The van der Waals surface area contributed by atoms with Gasteiger partial charge in [-0.2, -0.15) is 23.5 Å². The van der Waals surface area contributed by atoms with Gasteiger partial charge < -0.3 is 0 Å². The summed E-state index contributed by atoms with van der Waals surface area (Å²) >= 11 is 4.30.